The number of aliphatic hydroxyl groups is 1. The summed E-state index contributed by atoms with van der Waals surface area (Å²) in [4.78, 5) is 18.7. The summed E-state index contributed by atoms with van der Waals surface area (Å²) in [6.45, 7) is 1.28. The SMILES string of the molecule is O=C(O)n1c(-c2ccc(N3CCC(CO)CC3)nc2)cc2cc(OCCF)ccc21. The van der Waals surface area contributed by atoms with Crippen molar-refractivity contribution in [1.29, 1.82) is 0 Å². The third-order valence-corrected chi connectivity index (χ3v) is 5.55. The molecule has 3 aromatic rings. The average Bonchev–Trinajstić information content (AvgIpc) is 3.17. The van der Waals surface area contributed by atoms with Crippen LogP contribution in [0.1, 0.15) is 12.8 Å². The van der Waals surface area contributed by atoms with E-state index < -0.39 is 12.8 Å². The molecule has 0 spiro atoms. The molecule has 0 atom stereocenters. The Morgan fingerprint density at radius 3 is 2.63 bits per heavy atom. The average molecular weight is 413 g/mol. The first-order valence-corrected chi connectivity index (χ1v) is 10.0. The Balaban J connectivity index is 1.63. The minimum atomic E-state index is -1.09. The Morgan fingerprint density at radius 1 is 1.20 bits per heavy atom. The first kappa shape index (κ1) is 20.2. The van der Waals surface area contributed by atoms with Gasteiger partial charge in [-0.1, -0.05) is 0 Å². The van der Waals surface area contributed by atoms with E-state index in [-0.39, 0.29) is 13.2 Å². The van der Waals surface area contributed by atoms with E-state index in [4.69, 9.17) is 4.74 Å². The Morgan fingerprint density at radius 2 is 2.00 bits per heavy atom. The van der Waals surface area contributed by atoms with E-state index in [1.807, 2.05) is 12.1 Å². The van der Waals surface area contributed by atoms with E-state index in [1.165, 1.54) is 4.57 Å². The lowest BCUT2D eigenvalue weighted by Crippen LogP contribution is -2.35. The lowest BCUT2D eigenvalue weighted by Gasteiger charge is -2.32. The summed E-state index contributed by atoms with van der Waals surface area (Å²) in [5.74, 6) is 1.69. The standard InChI is InChI=1S/C22H24FN3O4/c23-7-10-30-18-2-3-19-17(11-18)12-20(26(19)22(28)29)16-1-4-21(24-13-16)25-8-5-15(14-27)6-9-25/h1-4,11-13,15,27H,5-10,14H2,(H,28,29). The van der Waals surface area contributed by atoms with E-state index in [1.54, 1.807) is 30.5 Å². The topological polar surface area (TPSA) is 87.8 Å². The Kier molecular flexibility index (Phi) is 5.85. The van der Waals surface area contributed by atoms with Gasteiger partial charge in [0.25, 0.3) is 0 Å². The molecule has 0 aliphatic carbocycles. The highest BCUT2D eigenvalue weighted by molar-refractivity contribution is 5.96. The molecular weight excluding hydrogens is 389 g/mol. The predicted molar refractivity (Wildman–Crippen MR) is 112 cm³/mol. The molecule has 1 fully saturated rings. The Bertz CT molecular complexity index is 1030. The fourth-order valence-electron chi connectivity index (χ4n) is 3.93. The molecule has 1 aromatic carbocycles. The zero-order valence-corrected chi connectivity index (χ0v) is 16.5. The molecule has 7 nitrogen and oxygen atoms in total. The van der Waals surface area contributed by atoms with Crippen LogP contribution < -0.4 is 9.64 Å². The molecule has 3 heterocycles. The molecule has 1 saturated heterocycles. The number of hydrogen-bond acceptors (Lipinski definition) is 5. The minimum absolute atomic E-state index is 0.0427. The number of fused-ring (bicyclic) bond motifs is 1. The van der Waals surface area contributed by atoms with Crippen molar-refractivity contribution in [2.75, 3.05) is 37.9 Å². The van der Waals surface area contributed by atoms with Gasteiger partial charge in [0.2, 0.25) is 0 Å². The quantitative estimate of drug-likeness (QED) is 0.639. The molecule has 0 bridgehead atoms. The highest BCUT2D eigenvalue weighted by Gasteiger charge is 2.20. The minimum Gasteiger partial charge on any atom is -0.491 e. The van der Waals surface area contributed by atoms with E-state index >= 15 is 0 Å². The number of aromatic nitrogens is 2. The molecule has 30 heavy (non-hydrogen) atoms. The lowest BCUT2D eigenvalue weighted by molar-refractivity contribution is 0.198. The number of anilines is 1. The molecule has 1 aliphatic heterocycles. The van der Waals surface area contributed by atoms with Gasteiger partial charge in [0.05, 0.1) is 11.2 Å². The van der Waals surface area contributed by atoms with E-state index in [0.29, 0.717) is 33.8 Å². The third kappa shape index (κ3) is 3.95. The van der Waals surface area contributed by atoms with Crippen molar-refractivity contribution < 1.29 is 24.1 Å². The monoisotopic (exact) mass is 413 g/mol. The molecular formula is C22H24FN3O4. The van der Waals surface area contributed by atoms with Crippen LogP contribution in [0.5, 0.6) is 5.75 Å². The number of aliphatic hydroxyl groups excluding tert-OH is 1. The highest BCUT2D eigenvalue weighted by atomic mass is 19.1. The van der Waals surface area contributed by atoms with Crippen LogP contribution in [-0.4, -0.2) is 58.8 Å². The number of pyridine rings is 1. The van der Waals surface area contributed by atoms with Crippen LogP contribution in [0.25, 0.3) is 22.2 Å². The van der Waals surface area contributed by atoms with Gasteiger partial charge in [-0.3, -0.25) is 0 Å². The van der Waals surface area contributed by atoms with Crippen molar-refractivity contribution in [2.24, 2.45) is 5.92 Å². The van der Waals surface area contributed by atoms with Crippen molar-refractivity contribution in [2.45, 2.75) is 12.8 Å². The molecule has 0 unspecified atom stereocenters. The number of piperidine rings is 1. The number of hydrogen-bond donors (Lipinski definition) is 2. The summed E-state index contributed by atoms with van der Waals surface area (Å²) < 4.78 is 18.9. The zero-order valence-electron chi connectivity index (χ0n) is 16.5. The number of carbonyl (C=O) groups is 1. The number of benzene rings is 1. The maximum absolute atomic E-state index is 12.4. The van der Waals surface area contributed by atoms with Crippen LogP contribution >= 0.6 is 0 Å². The summed E-state index contributed by atoms with van der Waals surface area (Å²) in [5, 5.41) is 19.7. The number of alkyl halides is 1. The smallest absolute Gasteiger partial charge is 0.416 e. The molecule has 0 radical (unpaired) electrons. The Hall–Kier alpha value is -3.13. The van der Waals surface area contributed by atoms with E-state index in [0.717, 1.165) is 31.7 Å². The number of nitrogens with zero attached hydrogens (tertiary/aromatic N) is 3. The van der Waals surface area contributed by atoms with Crippen LogP contribution in [0, 0.1) is 5.92 Å². The first-order chi connectivity index (χ1) is 14.6. The summed E-state index contributed by atoms with van der Waals surface area (Å²) in [7, 11) is 0. The van der Waals surface area contributed by atoms with E-state index in [9.17, 15) is 19.4 Å². The van der Waals surface area contributed by atoms with Gasteiger partial charge in [0, 0.05) is 36.8 Å². The first-order valence-electron chi connectivity index (χ1n) is 10.0. The van der Waals surface area contributed by atoms with Crippen LogP contribution in [0.2, 0.25) is 0 Å². The fraction of sp³-hybridized carbons (Fsp3) is 0.364. The number of rotatable bonds is 6. The van der Waals surface area contributed by atoms with Crippen LogP contribution in [0.3, 0.4) is 0 Å². The van der Waals surface area contributed by atoms with Crippen LogP contribution in [-0.2, 0) is 0 Å². The molecule has 2 aromatic heterocycles. The zero-order chi connectivity index (χ0) is 21.1. The van der Waals surface area contributed by atoms with Gasteiger partial charge in [0.15, 0.2) is 0 Å². The predicted octanol–water partition coefficient (Wildman–Crippen LogP) is 3.79. The van der Waals surface area contributed by atoms with Gasteiger partial charge in [-0.2, -0.15) is 0 Å². The van der Waals surface area contributed by atoms with Gasteiger partial charge in [0.1, 0.15) is 24.8 Å². The van der Waals surface area contributed by atoms with Gasteiger partial charge in [-0.05, 0) is 55.2 Å². The lowest BCUT2D eigenvalue weighted by atomic mass is 9.98. The van der Waals surface area contributed by atoms with Gasteiger partial charge in [-0.25, -0.2) is 18.7 Å². The number of ether oxygens (including phenoxy) is 1. The normalized spacial score (nSPS) is 14.9. The number of halogens is 1. The van der Waals surface area contributed by atoms with E-state index in [2.05, 4.69) is 9.88 Å². The maximum atomic E-state index is 12.4. The molecule has 4 rings (SSSR count). The second-order valence-electron chi connectivity index (χ2n) is 7.42. The summed E-state index contributed by atoms with van der Waals surface area (Å²) in [6, 6.07) is 10.5. The van der Waals surface area contributed by atoms with Crippen LogP contribution in [0.15, 0.2) is 42.6 Å². The van der Waals surface area contributed by atoms with Gasteiger partial charge >= 0.3 is 6.09 Å². The molecule has 0 saturated carbocycles. The van der Waals surface area contributed by atoms with Crippen LogP contribution in [0.4, 0.5) is 15.0 Å². The largest absolute Gasteiger partial charge is 0.491 e. The van der Waals surface area contributed by atoms with Crippen molar-refractivity contribution >= 4 is 22.8 Å². The summed E-state index contributed by atoms with van der Waals surface area (Å²) in [6.07, 6.45) is 2.45. The summed E-state index contributed by atoms with van der Waals surface area (Å²) >= 11 is 0. The number of carboxylic acid groups (broad SMARTS) is 1. The van der Waals surface area contributed by atoms with Gasteiger partial charge < -0.3 is 19.8 Å². The fourth-order valence-corrected chi connectivity index (χ4v) is 3.93. The Labute approximate surface area is 173 Å². The second kappa shape index (κ2) is 8.71. The van der Waals surface area contributed by atoms with Crippen molar-refractivity contribution in [3.05, 3.63) is 42.6 Å². The molecule has 8 heteroatoms. The molecule has 2 N–H and O–H groups in total. The molecule has 1 aliphatic rings. The van der Waals surface area contributed by atoms with Crippen molar-refractivity contribution in [3.63, 3.8) is 0 Å². The molecule has 158 valence electrons. The van der Waals surface area contributed by atoms with Crippen molar-refractivity contribution in [3.8, 4) is 17.0 Å². The maximum Gasteiger partial charge on any atom is 0.416 e. The molecule has 0 amide bonds. The van der Waals surface area contributed by atoms with Crippen molar-refractivity contribution in [1.82, 2.24) is 9.55 Å². The summed E-state index contributed by atoms with van der Waals surface area (Å²) in [5.41, 5.74) is 1.73. The third-order valence-electron chi connectivity index (χ3n) is 5.55. The second-order valence-corrected chi connectivity index (χ2v) is 7.42. The highest BCUT2D eigenvalue weighted by Crippen LogP contribution is 2.31. The van der Waals surface area contributed by atoms with Gasteiger partial charge in [-0.15, -0.1) is 0 Å².